The fourth-order valence-corrected chi connectivity index (χ4v) is 3.76. The summed E-state index contributed by atoms with van der Waals surface area (Å²) in [4.78, 5) is 16.6. The van der Waals surface area contributed by atoms with Crippen molar-refractivity contribution in [1.29, 1.82) is 0 Å². The fourth-order valence-electron chi connectivity index (χ4n) is 3.76. The molecule has 1 aliphatic rings. The second-order valence-corrected chi connectivity index (χ2v) is 7.49. The molecule has 0 fully saturated rings. The van der Waals surface area contributed by atoms with Gasteiger partial charge in [-0.25, -0.2) is 4.52 Å². The molecule has 1 amide bonds. The Morgan fingerprint density at radius 1 is 1.30 bits per heavy atom. The smallest absolute Gasteiger partial charge is 0.251 e. The van der Waals surface area contributed by atoms with Gasteiger partial charge in [0, 0.05) is 61.4 Å². The summed E-state index contributed by atoms with van der Waals surface area (Å²) in [5.41, 5.74) is 5.12. The lowest BCUT2D eigenvalue weighted by molar-refractivity contribution is 0.0949. The van der Waals surface area contributed by atoms with Gasteiger partial charge in [0.2, 0.25) is 0 Å². The van der Waals surface area contributed by atoms with E-state index in [-0.39, 0.29) is 5.91 Å². The first-order valence-corrected chi connectivity index (χ1v) is 10.7. The number of methoxy groups -OCH3 is 1. The maximum absolute atomic E-state index is 12.5. The third kappa shape index (κ3) is 4.74. The molecule has 0 saturated carbocycles. The highest BCUT2D eigenvalue weighted by Crippen LogP contribution is 2.33. The van der Waals surface area contributed by atoms with Crippen LogP contribution in [-0.4, -0.2) is 56.1 Å². The average Bonchev–Trinajstić information content (AvgIpc) is 3.52. The molecule has 33 heavy (non-hydrogen) atoms. The number of fused-ring (bicyclic) bond motifs is 1. The van der Waals surface area contributed by atoms with Crippen molar-refractivity contribution in [1.82, 2.24) is 20.2 Å². The molecule has 2 aromatic heterocycles. The van der Waals surface area contributed by atoms with Gasteiger partial charge in [0.15, 0.2) is 0 Å². The van der Waals surface area contributed by atoms with Crippen molar-refractivity contribution < 1.29 is 14.3 Å². The maximum Gasteiger partial charge on any atom is 0.251 e. The summed E-state index contributed by atoms with van der Waals surface area (Å²) < 4.78 is 12.9. The number of nitrogens with zero attached hydrogens (tertiary/aromatic N) is 3. The van der Waals surface area contributed by atoms with E-state index < -0.39 is 0 Å². The van der Waals surface area contributed by atoms with Gasteiger partial charge in [-0.3, -0.25) is 9.79 Å². The molecule has 0 atom stereocenters. The van der Waals surface area contributed by atoms with Crippen LogP contribution in [0.3, 0.4) is 0 Å². The Hall–Kier alpha value is -4.07. The van der Waals surface area contributed by atoms with E-state index in [4.69, 9.17) is 9.47 Å². The van der Waals surface area contributed by atoms with Crippen LogP contribution in [0.25, 0.3) is 22.2 Å². The van der Waals surface area contributed by atoms with Crippen LogP contribution in [0.1, 0.15) is 22.3 Å². The molecule has 0 spiro atoms. The number of rotatable bonds is 8. The summed E-state index contributed by atoms with van der Waals surface area (Å²) in [6.07, 6.45) is 10.3. The highest BCUT2D eigenvalue weighted by atomic mass is 16.5. The molecule has 1 aliphatic heterocycles. The number of ether oxygens (including phenoxy) is 2. The first kappa shape index (κ1) is 22.1. The standard InChI is InChI=1S/C25H27N5O3/c1-26-12-20(13-27-2)19-11-23(32-3)24-22(15-29-30(24)16-19)17-6-8-18(9-7-17)25(31)28-14-21-5-4-10-33-21/h5-9,11-13,15-16,26H,4,10,14H2,1-3H3,(H,28,31)/b20-12+,27-13-. The molecule has 0 saturated heterocycles. The number of pyridine rings is 1. The van der Waals surface area contributed by atoms with Crippen molar-refractivity contribution in [2.45, 2.75) is 6.42 Å². The van der Waals surface area contributed by atoms with Crippen molar-refractivity contribution in [2.75, 3.05) is 34.4 Å². The number of aromatic nitrogens is 2. The lowest BCUT2D eigenvalue weighted by Crippen LogP contribution is -2.25. The second-order valence-electron chi connectivity index (χ2n) is 7.49. The Labute approximate surface area is 192 Å². The first-order valence-electron chi connectivity index (χ1n) is 10.7. The number of aliphatic imine (C=N–C) groups is 1. The van der Waals surface area contributed by atoms with Gasteiger partial charge in [-0.1, -0.05) is 12.1 Å². The van der Waals surface area contributed by atoms with E-state index in [1.54, 1.807) is 31.1 Å². The molecule has 0 unspecified atom stereocenters. The normalized spacial score (nSPS) is 13.8. The topological polar surface area (TPSA) is 89.2 Å². The summed E-state index contributed by atoms with van der Waals surface area (Å²) in [6, 6.07) is 9.42. The van der Waals surface area contributed by atoms with Gasteiger partial charge < -0.3 is 20.1 Å². The molecule has 0 aliphatic carbocycles. The first-order chi connectivity index (χ1) is 16.1. The minimum Gasteiger partial charge on any atom is -0.496 e. The second kappa shape index (κ2) is 10.0. The van der Waals surface area contributed by atoms with Crippen molar-refractivity contribution in [3.8, 4) is 16.9 Å². The Kier molecular flexibility index (Phi) is 6.73. The highest BCUT2D eigenvalue weighted by Gasteiger charge is 2.16. The molecule has 0 bridgehead atoms. The Bertz CT molecular complexity index is 1240. The maximum atomic E-state index is 12.5. The Morgan fingerprint density at radius 2 is 2.12 bits per heavy atom. The predicted octanol–water partition coefficient (Wildman–Crippen LogP) is 3.30. The summed E-state index contributed by atoms with van der Waals surface area (Å²) in [6.45, 7) is 1.09. The van der Waals surface area contributed by atoms with Crippen LogP contribution in [0.4, 0.5) is 0 Å². The predicted molar refractivity (Wildman–Crippen MR) is 130 cm³/mol. The van der Waals surface area contributed by atoms with Crippen LogP contribution in [0, 0.1) is 0 Å². The zero-order valence-corrected chi connectivity index (χ0v) is 19.0. The molecule has 1 aromatic carbocycles. The van der Waals surface area contributed by atoms with Crippen LogP contribution >= 0.6 is 0 Å². The number of hydrogen-bond acceptors (Lipinski definition) is 6. The van der Waals surface area contributed by atoms with Gasteiger partial charge in [0.25, 0.3) is 5.91 Å². The van der Waals surface area contributed by atoms with E-state index in [1.807, 2.05) is 55.9 Å². The number of benzene rings is 1. The van der Waals surface area contributed by atoms with Crippen LogP contribution in [-0.2, 0) is 4.74 Å². The largest absolute Gasteiger partial charge is 0.496 e. The lowest BCUT2D eigenvalue weighted by atomic mass is 10.0. The zero-order valence-electron chi connectivity index (χ0n) is 19.0. The van der Waals surface area contributed by atoms with E-state index in [1.165, 1.54) is 0 Å². The third-order valence-electron chi connectivity index (χ3n) is 5.36. The molecule has 4 rings (SSSR count). The van der Waals surface area contributed by atoms with Gasteiger partial charge in [-0.15, -0.1) is 0 Å². The van der Waals surface area contributed by atoms with Gasteiger partial charge in [0.05, 0.1) is 26.5 Å². The fraction of sp³-hybridized carbons (Fsp3) is 0.240. The van der Waals surface area contributed by atoms with Crippen LogP contribution in [0.15, 0.2) is 65.8 Å². The Morgan fingerprint density at radius 3 is 2.79 bits per heavy atom. The van der Waals surface area contributed by atoms with E-state index in [2.05, 4.69) is 20.7 Å². The van der Waals surface area contributed by atoms with Crippen molar-refractivity contribution in [3.63, 3.8) is 0 Å². The summed E-state index contributed by atoms with van der Waals surface area (Å²) >= 11 is 0. The summed E-state index contributed by atoms with van der Waals surface area (Å²) in [5.74, 6) is 1.37. The highest BCUT2D eigenvalue weighted by molar-refractivity contribution is 6.10. The SMILES string of the molecule is C/N=C\C(=C/NC)c1cc(OC)c2c(-c3ccc(C(=O)NCC4=CCCO4)cc3)cnn2c1. The summed E-state index contributed by atoms with van der Waals surface area (Å²) in [5, 5.41) is 10.5. The molecule has 2 N–H and O–H groups in total. The van der Waals surface area contributed by atoms with Gasteiger partial charge in [-0.05, 0) is 29.8 Å². The number of carbonyl (C=O) groups is 1. The van der Waals surface area contributed by atoms with Crippen LogP contribution in [0.2, 0.25) is 0 Å². The number of carbonyl (C=O) groups excluding carboxylic acids is 1. The molecular weight excluding hydrogens is 418 g/mol. The number of amides is 1. The molecule has 3 heterocycles. The summed E-state index contributed by atoms with van der Waals surface area (Å²) in [7, 11) is 5.21. The Balaban J connectivity index is 1.61. The number of allylic oxidation sites excluding steroid dienone is 1. The quantitative estimate of drug-likeness (QED) is 0.520. The average molecular weight is 446 g/mol. The monoisotopic (exact) mass is 445 g/mol. The number of nitrogens with one attached hydrogen (secondary N) is 2. The number of hydrogen-bond donors (Lipinski definition) is 2. The van der Waals surface area contributed by atoms with Crippen LogP contribution in [0.5, 0.6) is 5.75 Å². The van der Waals surface area contributed by atoms with Gasteiger partial charge >= 0.3 is 0 Å². The zero-order chi connectivity index (χ0) is 23.2. The van der Waals surface area contributed by atoms with Crippen molar-refractivity contribution in [3.05, 3.63) is 71.9 Å². The van der Waals surface area contributed by atoms with Crippen LogP contribution < -0.4 is 15.4 Å². The molecule has 0 radical (unpaired) electrons. The lowest BCUT2D eigenvalue weighted by Gasteiger charge is -2.10. The molecule has 8 heteroatoms. The molecule has 3 aromatic rings. The molecule has 170 valence electrons. The van der Waals surface area contributed by atoms with Crippen molar-refractivity contribution in [2.24, 2.45) is 4.99 Å². The van der Waals surface area contributed by atoms with Gasteiger partial charge in [-0.2, -0.15) is 5.10 Å². The minimum atomic E-state index is -0.138. The molecule has 8 nitrogen and oxygen atoms in total. The minimum absolute atomic E-state index is 0.138. The van der Waals surface area contributed by atoms with E-state index in [0.717, 1.165) is 40.0 Å². The van der Waals surface area contributed by atoms with E-state index >= 15 is 0 Å². The van der Waals surface area contributed by atoms with Crippen molar-refractivity contribution >= 4 is 23.2 Å². The third-order valence-corrected chi connectivity index (χ3v) is 5.36. The van der Waals surface area contributed by atoms with E-state index in [9.17, 15) is 4.79 Å². The van der Waals surface area contributed by atoms with Gasteiger partial charge in [0.1, 0.15) is 17.0 Å². The van der Waals surface area contributed by atoms with E-state index in [0.29, 0.717) is 24.5 Å². The molecular formula is C25H27N5O3.